The molecule has 6 N–H and O–H groups in total. The molecule has 5 atom stereocenters. The first-order valence-electron chi connectivity index (χ1n) is 11.9. The third kappa shape index (κ3) is 9.76. The van der Waals surface area contributed by atoms with Crippen LogP contribution in [0.25, 0.3) is 0 Å². The summed E-state index contributed by atoms with van der Waals surface area (Å²) in [5, 5.41) is 10.6. The highest BCUT2D eigenvalue weighted by Gasteiger charge is 2.33. The maximum Gasteiger partial charge on any atom is 0.243 e. The lowest BCUT2D eigenvalue weighted by Crippen LogP contribution is -2.60. The van der Waals surface area contributed by atoms with Crippen molar-refractivity contribution in [3.8, 4) is 0 Å². The number of nitrogens with one attached hydrogen (secondary N) is 4. The Kier molecular flexibility index (Phi) is 11.9. The van der Waals surface area contributed by atoms with Crippen molar-refractivity contribution in [2.24, 2.45) is 17.6 Å². The van der Waals surface area contributed by atoms with Gasteiger partial charge in [-0.3, -0.25) is 24.0 Å². The molecule has 0 radical (unpaired) electrons. The highest BCUT2D eigenvalue weighted by atomic mass is 16.2. The Morgan fingerprint density at radius 3 is 1.86 bits per heavy atom. The fourth-order valence-corrected chi connectivity index (χ4v) is 3.40. The monoisotopic (exact) mass is 489 g/mol. The maximum atomic E-state index is 13.2. The Morgan fingerprint density at radius 2 is 1.37 bits per heavy atom. The fourth-order valence-electron chi connectivity index (χ4n) is 3.40. The Labute approximate surface area is 207 Å². The van der Waals surface area contributed by atoms with Crippen molar-refractivity contribution >= 4 is 29.5 Å². The molecule has 0 heterocycles. The van der Waals surface area contributed by atoms with Gasteiger partial charge in [0.15, 0.2) is 0 Å². The zero-order chi connectivity index (χ0) is 26.7. The Bertz CT molecular complexity index is 889. The summed E-state index contributed by atoms with van der Waals surface area (Å²) in [5.74, 6) is -3.11. The lowest BCUT2D eigenvalue weighted by molar-refractivity contribution is -0.135. The van der Waals surface area contributed by atoms with Crippen molar-refractivity contribution in [2.45, 2.75) is 78.6 Å². The van der Waals surface area contributed by atoms with Crippen LogP contribution in [0.5, 0.6) is 0 Å². The highest BCUT2D eigenvalue weighted by Crippen LogP contribution is 2.11. The summed E-state index contributed by atoms with van der Waals surface area (Å²) in [4.78, 5) is 62.2. The van der Waals surface area contributed by atoms with E-state index in [1.165, 1.54) is 13.8 Å². The lowest BCUT2D eigenvalue weighted by atomic mass is 9.96. The summed E-state index contributed by atoms with van der Waals surface area (Å²) in [6.45, 7) is 10.1. The van der Waals surface area contributed by atoms with Gasteiger partial charge >= 0.3 is 0 Å². The molecule has 5 unspecified atom stereocenters. The van der Waals surface area contributed by atoms with Gasteiger partial charge in [-0.25, -0.2) is 0 Å². The normalized spacial score (nSPS) is 15.2. The molecular weight excluding hydrogens is 450 g/mol. The van der Waals surface area contributed by atoms with Crippen LogP contribution in [-0.2, 0) is 30.4 Å². The van der Waals surface area contributed by atoms with Gasteiger partial charge in [-0.1, -0.05) is 64.4 Å². The second-order valence-electron chi connectivity index (χ2n) is 9.18. The van der Waals surface area contributed by atoms with Crippen molar-refractivity contribution in [1.29, 1.82) is 0 Å². The van der Waals surface area contributed by atoms with E-state index in [9.17, 15) is 24.0 Å². The van der Waals surface area contributed by atoms with Crippen LogP contribution in [0.2, 0.25) is 0 Å². The predicted molar refractivity (Wildman–Crippen MR) is 133 cm³/mol. The molecule has 1 aromatic rings. The van der Waals surface area contributed by atoms with Crippen LogP contribution in [0.3, 0.4) is 0 Å². The first kappa shape index (κ1) is 29.6. The Balaban J connectivity index is 3.10. The number of hydrogen-bond donors (Lipinski definition) is 5. The zero-order valence-corrected chi connectivity index (χ0v) is 21.4. The third-order valence-corrected chi connectivity index (χ3v) is 5.80. The quantitative estimate of drug-likeness (QED) is 0.271. The van der Waals surface area contributed by atoms with Crippen LogP contribution in [0.4, 0.5) is 0 Å². The summed E-state index contributed by atoms with van der Waals surface area (Å²) in [7, 11) is 0. The van der Waals surface area contributed by atoms with Crippen molar-refractivity contribution in [1.82, 2.24) is 21.3 Å². The standard InChI is InChI=1S/C25H39N5O5/c1-7-15(4)21(28-17(6)31)25(35)30-20(14(2)3)24(34)29-19(13-18-11-9-8-10-12-18)23(33)27-16(5)22(26)32/h8-12,14-16,19-21H,7,13H2,1-6H3,(H2,26,32)(H,27,33)(H,28,31)(H,29,34)(H,30,35). The molecule has 1 rings (SSSR count). The minimum absolute atomic E-state index is 0.151. The summed E-state index contributed by atoms with van der Waals surface area (Å²) in [5.41, 5.74) is 6.06. The summed E-state index contributed by atoms with van der Waals surface area (Å²) >= 11 is 0. The van der Waals surface area contributed by atoms with Gasteiger partial charge in [0.2, 0.25) is 29.5 Å². The van der Waals surface area contributed by atoms with Gasteiger partial charge in [0.05, 0.1) is 0 Å². The minimum Gasteiger partial charge on any atom is -0.368 e. The predicted octanol–water partition coefficient (Wildman–Crippen LogP) is 0.396. The summed E-state index contributed by atoms with van der Waals surface area (Å²) in [6.07, 6.45) is 0.818. The Hall–Kier alpha value is -3.43. The zero-order valence-electron chi connectivity index (χ0n) is 21.4. The highest BCUT2D eigenvalue weighted by molar-refractivity contribution is 5.95. The molecular formula is C25H39N5O5. The molecule has 10 nitrogen and oxygen atoms in total. The van der Waals surface area contributed by atoms with Gasteiger partial charge in [0.25, 0.3) is 0 Å². The van der Waals surface area contributed by atoms with Crippen molar-refractivity contribution < 1.29 is 24.0 Å². The molecule has 0 aliphatic rings. The number of hydrogen-bond acceptors (Lipinski definition) is 5. The summed E-state index contributed by atoms with van der Waals surface area (Å²) in [6, 6.07) is 5.40. The van der Waals surface area contributed by atoms with Crippen LogP contribution < -0.4 is 27.0 Å². The van der Waals surface area contributed by atoms with Crippen LogP contribution >= 0.6 is 0 Å². The van der Waals surface area contributed by atoms with E-state index in [1.54, 1.807) is 13.8 Å². The van der Waals surface area contributed by atoms with E-state index in [-0.39, 0.29) is 24.2 Å². The molecule has 35 heavy (non-hydrogen) atoms. The van der Waals surface area contributed by atoms with Gasteiger partial charge in [0.1, 0.15) is 24.2 Å². The fraction of sp³-hybridized carbons (Fsp3) is 0.560. The van der Waals surface area contributed by atoms with E-state index < -0.39 is 47.8 Å². The Morgan fingerprint density at radius 1 is 0.800 bits per heavy atom. The third-order valence-electron chi connectivity index (χ3n) is 5.80. The molecule has 0 aliphatic carbocycles. The molecule has 194 valence electrons. The number of benzene rings is 1. The second-order valence-corrected chi connectivity index (χ2v) is 9.18. The van der Waals surface area contributed by atoms with Gasteiger partial charge in [0, 0.05) is 13.3 Å². The molecule has 0 bridgehead atoms. The van der Waals surface area contributed by atoms with Gasteiger partial charge in [-0.15, -0.1) is 0 Å². The van der Waals surface area contributed by atoms with Crippen LogP contribution in [0.1, 0.15) is 53.5 Å². The smallest absolute Gasteiger partial charge is 0.243 e. The van der Waals surface area contributed by atoms with Crippen molar-refractivity contribution in [3.63, 3.8) is 0 Å². The first-order chi connectivity index (χ1) is 16.4. The van der Waals surface area contributed by atoms with Crippen molar-refractivity contribution in [3.05, 3.63) is 35.9 Å². The van der Waals surface area contributed by atoms with Gasteiger partial charge < -0.3 is 27.0 Å². The topological polar surface area (TPSA) is 159 Å². The maximum absolute atomic E-state index is 13.2. The molecule has 10 heteroatoms. The van der Waals surface area contributed by atoms with E-state index in [2.05, 4.69) is 21.3 Å². The number of rotatable bonds is 13. The number of nitrogens with two attached hydrogens (primary N) is 1. The van der Waals surface area contributed by atoms with E-state index in [0.717, 1.165) is 5.56 Å². The molecule has 0 fully saturated rings. The lowest BCUT2D eigenvalue weighted by Gasteiger charge is -2.29. The van der Waals surface area contributed by atoms with E-state index in [4.69, 9.17) is 5.73 Å². The van der Waals surface area contributed by atoms with Crippen LogP contribution in [0.15, 0.2) is 30.3 Å². The van der Waals surface area contributed by atoms with Crippen LogP contribution in [-0.4, -0.2) is 53.7 Å². The van der Waals surface area contributed by atoms with Crippen molar-refractivity contribution in [2.75, 3.05) is 0 Å². The number of carbonyl (C=O) groups is 5. The van der Waals surface area contributed by atoms with Gasteiger partial charge in [-0.05, 0) is 24.3 Å². The average Bonchev–Trinajstić information content (AvgIpc) is 2.79. The number of amides is 5. The molecule has 5 amide bonds. The largest absolute Gasteiger partial charge is 0.368 e. The SMILES string of the molecule is CCC(C)C(NC(C)=O)C(=O)NC(C(=O)NC(Cc1ccccc1)C(=O)NC(C)C(N)=O)C(C)C. The number of primary amides is 1. The molecule has 0 saturated heterocycles. The van der Waals surface area contributed by atoms with E-state index >= 15 is 0 Å². The molecule has 0 spiro atoms. The second kappa shape index (κ2) is 14.1. The van der Waals surface area contributed by atoms with E-state index in [0.29, 0.717) is 6.42 Å². The molecule has 0 aromatic heterocycles. The average molecular weight is 490 g/mol. The molecule has 1 aromatic carbocycles. The molecule has 0 saturated carbocycles. The molecule has 0 aliphatic heterocycles. The minimum atomic E-state index is -1.01. The first-order valence-corrected chi connectivity index (χ1v) is 11.9. The van der Waals surface area contributed by atoms with Crippen LogP contribution in [0, 0.1) is 11.8 Å². The number of carbonyl (C=O) groups excluding carboxylic acids is 5. The summed E-state index contributed by atoms with van der Waals surface area (Å²) < 4.78 is 0. The van der Waals surface area contributed by atoms with Gasteiger partial charge in [-0.2, -0.15) is 0 Å². The van der Waals surface area contributed by atoms with E-state index in [1.807, 2.05) is 44.2 Å².